The molecule has 1 aromatic carbocycles. The number of nitrogens with one attached hydrogen (secondary N) is 1. The molecule has 0 saturated heterocycles. The first-order valence-corrected chi connectivity index (χ1v) is 8.71. The summed E-state index contributed by atoms with van der Waals surface area (Å²) in [6, 6.07) is 6.56. The number of hydrogen-bond donors (Lipinski definition) is 1. The Balaban J connectivity index is 2.28. The third-order valence-electron chi connectivity index (χ3n) is 3.71. The van der Waals surface area contributed by atoms with Gasteiger partial charge in [0.05, 0.1) is 10.1 Å². The van der Waals surface area contributed by atoms with Gasteiger partial charge in [-0.05, 0) is 43.7 Å². The van der Waals surface area contributed by atoms with Gasteiger partial charge in [-0.3, -0.25) is 0 Å². The van der Waals surface area contributed by atoms with E-state index in [-0.39, 0.29) is 11.3 Å². The van der Waals surface area contributed by atoms with E-state index in [4.69, 9.17) is 11.6 Å². The maximum atomic E-state index is 12.7. The molecule has 1 fully saturated rings. The standard InChI is InChI=1S/C14H20ClNO2S/c1-2-16-13-5-3-4-6-14(13)19(17,18)12-9-7-11(15)8-10-12/h7-10,13-14,16H,2-6H2,1H3. The summed E-state index contributed by atoms with van der Waals surface area (Å²) < 4.78 is 25.4. The SMILES string of the molecule is CCNC1CCCCC1S(=O)(=O)c1ccc(Cl)cc1. The highest BCUT2D eigenvalue weighted by Gasteiger charge is 2.35. The molecule has 0 radical (unpaired) electrons. The van der Waals surface area contributed by atoms with Gasteiger partial charge in [-0.25, -0.2) is 8.42 Å². The third kappa shape index (κ3) is 3.30. The average molecular weight is 302 g/mol. The molecule has 2 unspecified atom stereocenters. The van der Waals surface area contributed by atoms with Crippen LogP contribution < -0.4 is 5.32 Å². The monoisotopic (exact) mass is 301 g/mol. The Bertz CT molecular complexity index is 511. The van der Waals surface area contributed by atoms with Crippen LogP contribution in [0.3, 0.4) is 0 Å². The van der Waals surface area contributed by atoms with E-state index < -0.39 is 9.84 Å². The van der Waals surface area contributed by atoms with E-state index in [9.17, 15) is 8.42 Å². The lowest BCUT2D eigenvalue weighted by Gasteiger charge is -2.31. The van der Waals surface area contributed by atoms with Gasteiger partial charge in [-0.15, -0.1) is 0 Å². The average Bonchev–Trinajstić information content (AvgIpc) is 2.40. The Labute approximate surface area is 120 Å². The number of benzene rings is 1. The minimum Gasteiger partial charge on any atom is -0.313 e. The van der Waals surface area contributed by atoms with Gasteiger partial charge < -0.3 is 5.32 Å². The summed E-state index contributed by atoms with van der Waals surface area (Å²) in [6.07, 6.45) is 3.76. The van der Waals surface area contributed by atoms with E-state index in [0.717, 1.165) is 32.2 Å². The lowest BCUT2D eigenvalue weighted by molar-refractivity contribution is 0.377. The van der Waals surface area contributed by atoms with Gasteiger partial charge in [-0.2, -0.15) is 0 Å². The summed E-state index contributed by atoms with van der Waals surface area (Å²) in [5.41, 5.74) is 0. The van der Waals surface area contributed by atoms with Crippen molar-refractivity contribution in [3.05, 3.63) is 29.3 Å². The van der Waals surface area contributed by atoms with Gasteiger partial charge in [0.2, 0.25) is 0 Å². The second-order valence-corrected chi connectivity index (χ2v) is 7.59. The van der Waals surface area contributed by atoms with Crippen LogP contribution in [0.2, 0.25) is 5.02 Å². The van der Waals surface area contributed by atoms with Gasteiger partial charge in [0.15, 0.2) is 9.84 Å². The van der Waals surface area contributed by atoms with E-state index in [1.165, 1.54) is 0 Å². The number of sulfone groups is 1. The Morgan fingerprint density at radius 2 is 1.84 bits per heavy atom. The quantitative estimate of drug-likeness (QED) is 0.930. The molecule has 2 atom stereocenters. The molecule has 1 aliphatic carbocycles. The van der Waals surface area contributed by atoms with Gasteiger partial charge in [0.1, 0.15) is 0 Å². The molecule has 0 heterocycles. The fourth-order valence-corrected chi connectivity index (χ4v) is 4.90. The van der Waals surface area contributed by atoms with Crippen LogP contribution in [0.25, 0.3) is 0 Å². The summed E-state index contributed by atoms with van der Waals surface area (Å²) in [4.78, 5) is 0.381. The van der Waals surface area contributed by atoms with Crippen molar-refractivity contribution in [1.29, 1.82) is 0 Å². The van der Waals surface area contributed by atoms with Crippen LogP contribution in [-0.4, -0.2) is 26.3 Å². The first kappa shape index (κ1) is 14.8. The summed E-state index contributed by atoms with van der Waals surface area (Å²) in [5, 5.41) is 3.56. The zero-order chi connectivity index (χ0) is 13.9. The molecule has 0 spiro atoms. The van der Waals surface area contributed by atoms with Gasteiger partial charge in [0, 0.05) is 11.1 Å². The molecule has 1 aromatic rings. The number of hydrogen-bond acceptors (Lipinski definition) is 3. The summed E-state index contributed by atoms with van der Waals surface area (Å²) in [5.74, 6) is 0. The van der Waals surface area contributed by atoms with Gasteiger partial charge >= 0.3 is 0 Å². The van der Waals surface area contributed by atoms with Crippen LogP contribution in [0, 0.1) is 0 Å². The molecule has 19 heavy (non-hydrogen) atoms. The molecule has 0 bridgehead atoms. The molecule has 0 amide bonds. The van der Waals surface area contributed by atoms with Crippen molar-refractivity contribution in [2.75, 3.05) is 6.54 Å². The van der Waals surface area contributed by atoms with Crippen LogP contribution in [0.5, 0.6) is 0 Å². The second-order valence-electron chi connectivity index (χ2n) is 4.99. The van der Waals surface area contributed by atoms with E-state index in [0.29, 0.717) is 9.92 Å². The molecule has 1 saturated carbocycles. The molecule has 2 rings (SSSR count). The molecule has 3 nitrogen and oxygen atoms in total. The maximum absolute atomic E-state index is 12.7. The lowest BCUT2D eigenvalue weighted by atomic mass is 9.95. The normalized spacial score (nSPS) is 24.3. The van der Waals surface area contributed by atoms with Crippen molar-refractivity contribution in [3.8, 4) is 0 Å². The summed E-state index contributed by atoms with van der Waals surface area (Å²) in [6.45, 7) is 2.82. The fraction of sp³-hybridized carbons (Fsp3) is 0.571. The second kappa shape index (κ2) is 6.25. The first-order chi connectivity index (χ1) is 9.05. The zero-order valence-corrected chi connectivity index (χ0v) is 12.7. The van der Waals surface area contributed by atoms with Crippen LogP contribution in [0.4, 0.5) is 0 Å². The van der Waals surface area contributed by atoms with E-state index in [1.54, 1.807) is 24.3 Å². The van der Waals surface area contributed by atoms with Crippen molar-refractivity contribution in [2.24, 2.45) is 0 Å². The molecule has 5 heteroatoms. The van der Waals surface area contributed by atoms with Crippen LogP contribution in [0.1, 0.15) is 32.6 Å². The highest BCUT2D eigenvalue weighted by Crippen LogP contribution is 2.29. The Morgan fingerprint density at radius 3 is 2.47 bits per heavy atom. The highest BCUT2D eigenvalue weighted by molar-refractivity contribution is 7.92. The van der Waals surface area contributed by atoms with Crippen molar-refractivity contribution in [1.82, 2.24) is 5.32 Å². The molecule has 1 N–H and O–H groups in total. The van der Waals surface area contributed by atoms with Crippen molar-refractivity contribution >= 4 is 21.4 Å². The van der Waals surface area contributed by atoms with Gasteiger partial charge in [0.25, 0.3) is 0 Å². The Hall–Kier alpha value is -0.580. The molecular weight excluding hydrogens is 282 g/mol. The molecule has 0 aliphatic heterocycles. The Kier molecular flexibility index (Phi) is 4.87. The largest absolute Gasteiger partial charge is 0.313 e. The zero-order valence-electron chi connectivity index (χ0n) is 11.1. The maximum Gasteiger partial charge on any atom is 0.182 e. The predicted molar refractivity (Wildman–Crippen MR) is 78.4 cm³/mol. The Morgan fingerprint density at radius 1 is 1.21 bits per heavy atom. The minimum absolute atomic E-state index is 0.0689. The fourth-order valence-electron chi connectivity index (χ4n) is 2.76. The molecular formula is C14H20ClNO2S. The van der Waals surface area contributed by atoms with E-state index in [1.807, 2.05) is 6.92 Å². The minimum atomic E-state index is -3.27. The summed E-state index contributed by atoms with van der Waals surface area (Å²) in [7, 11) is -3.27. The lowest BCUT2D eigenvalue weighted by Crippen LogP contribution is -2.46. The van der Waals surface area contributed by atoms with Crippen LogP contribution >= 0.6 is 11.6 Å². The smallest absolute Gasteiger partial charge is 0.182 e. The van der Waals surface area contributed by atoms with E-state index in [2.05, 4.69) is 5.32 Å². The molecule has 1 aliphatic rings. The first-order valence-electron chi connectivity index (χ1n) is 6.78. The van der Waals surface area contributed by atoms with E-state index >= 15 is 0 Å². The predicted octanol–water partition coefficient (Wildman–Crippen LogP) is 3.03. The van der Waals surface area contributed by atoms with Crippen molar-refractivity contribution < 1.29 is 8.42 Å². The molecule has 0 aromatic heterocycles. The summed E-state index contributed by atoms with van der Waals surface area (Å²) >= 11 is 5.82. The number of halogens is 1. The van der Waals surface area contributed by atoms with Gasteiger partial charge in [-0.1, -0.05) is 31.4 Å². The third-order valence-corrected chi connectivity index (χ3v) is 6.25. The topological polar surface area (TPSA) is 46.2 Å². The van der Waals surface area contributed by atoms with Crippen LogP contribution in [-0.2, 0) is 9.84 Å². The highest BCUT2D eigenvalue weighted by atomic mass is 35.5. The van der Waals surface area contributed by atoms with Crippen molar-refractivity contribution in [2.45, 2.75) is 48.8 Å². The van der Waals surface area contributed by atoms with Crippen molar-refractivity contribution in [3.63, 3.8) is 0 Å². The number of rotatable bonds is 4. The molecule has 106 valence electrons. The van der Waals surface area contributed by atoms with Crippen LogP contribution in [0.15, 0.2) is 29.2 Å².